The van der Waals surface area contributed by atoms with Crippen molar-refractivity contribution < 1.29 is 80.2 Å². The predicted molar refractivity (Wildman–Crippen MR) is 442 cm³/mol. The minimum atomic E-state index is -4.97. The summed E-state index contributed by atoms with van der Waals surface area (Å²) in [5.74, 6) is -1.27. The Morgan fingerprint density at radius 1 is 0.252 bits per heavy atom. The SMILES string of the molecule is CCCCCCCCCCCCCCCCCCCCC(=O)OC[C@H](COP(=O)(O)OC[C@@H](O)COP(=O)(O)OC[C@@H](COC(=O)CCCCCCCCCCCCCC)OC(=O)CCCCCCCCCCCCCCCCCC)OC(=O)CCCCCCCCCCCCCCCCCCCCC(C)C. The number of esters is 4. The average Bonchev–Trinajstić information content (AvgIpc) is 0.905. The smallest absolute Gasteiger partial charge is 0.462 e. The molecule has 17 nitrogen and oxygen atoms in total. The normalized spacial score (nSPS) is 13.7. The monoisotopic (exact) mass is 1560 g/mol. The van der Waals surface area contributed by atoms with E-state index < -0.39 is 97.5 Å². The molecule has 0 bridgehead atoms. The fraction of sp³-hybridized carbons (Fsp3) is 0.955. The first kappa shape index (κ1) is 105. The third kappa shape index (κ3) is 81.9. The lowest BCUT2D eigenvalue weighted by Crippen LogP contribution is -2.30. The van der Waals surface area contributed by atoms with Gasteiger partial charge in [0, 0.05) is 25.7 Å². The van der Waals surface area contributed by atoms with Gasteiger partial charge in [0.2, 0.25) is 0 Å². The zero-order chi connectivity index (χ0) is 78.3. The van der Waals surface area contributed by atoms with Crippen molar-refractivity contribution in [3.05, 3.63) is 0 Å². The van der Waals surface area contributed by atoms with Crippen LogP contribution in [0.4, 0.5) is 0 Å². The van der Waals surface area contributed by atoms with Crippen molar-refractivity contribution in [2.45, 2.75) is 496 Å². The summed E-state index contributed by atoms with van der Waals surface area (Å²) < 4.78 is 69.0. The van der Waals surface area contributed by atoms with Gasteiger partial charge >= 0.3 is 39.5 Å². The lowest BCUT2D eigenvalue weighted by molar-refractivity contribution is -0.161. The van der Waals surface area contributed by atoms with Crippen LogP contribution in [0.3, 0.4) is 0 Å². The minimum Gasteiger partial charge on any atom is -0.462 e. The van der Waals surface area contributed by atoms with Crippen LogP contribution < -0.4 is 0 Å². The average molecular weight is 1560 g/mol. The maximum atomic E-state index is 13.2. The molecule has 0 amide bonds. The van der Waals surface area contributed by atoms with Crippen molar-refractivity contribution in [3.63, 3.8) is 0 Å². The van der Waals surface area contributed by atoms with E-state index in [-0.39, 0.29) is 25.7 Å². The summed E-state index contributed by atoms with van der Waals surface area (Å²) in [5, 5.41) is 10.7. The molecule has 19 heteroatoms. The predicted octanol–water partition coefficient (Wildman–Crippen LogP) is 27.2. The molecule has 2 unspecified atom stereocenters. The number of hydrogen-bond acceptors (Lipinski definition) is 15. The molecule has 3 N–H and O–H groups in total. The van der Waals surface area contributed by atoms with Gasteiger partial charge in [0.05, 0.1) is 26.4 Å². The summed E-state index contributed by atoms with van der Waals surface area (Å²) in [7, 11) is -9.93. The van der Waals surface area contributed by atoms with Crippen LogP contribution in [-0.2, 0) is 65.4 Å². The largest absolute Gasteiger partial charge is 0.472 e. The number of phosphoric acid groups is 2. The van der Waals surface area contributed by atoms with Gasteiger partial charge in [-0.15, -0.1) is 0 Å². The highest BCUT2D eigenvalue weighted by Crippen LogP contribution is 2.45. The molecule has 636 valence electrons. The standard InChI is InChI=1S/C88H172O17P2/c1-6-9-12-15-18-21-24-27-29-31-35-39-42-47-52-57-62-67-72-86(91)99-78-84(105-88(93)74-69-64-59-54-49-44-40-36-33-32-34-37-41-45-50-55-60-65-70-81(4)5)80-103-107(96,97)101-76-82(89)75-100-106(94,95)102-79-83(77-98-85(90)71-66-61-56-51-46-26-23-20-17-14-11-8-3)104-87(92)73-68-63-58-53-48-43-38-30-28-25-22-19-16-13-10-7-2/h81-84,89H,6-80H2,1-5H3,(H,94,95)(H,96,97)/t82-,83+,84+/m0/s1. The van der Waals surface area contributed by atoms with E-state index in [1.807, 2.05) is 0 Å². The van der Waals surface area contributed by atoms with E-state index in [0.29, 0.717) is 25.7 Å². The number of unbranched alkanes of at least 4 members (excludes halogenated alkanes) is 60. The third-order valence-electron chi connectivity index (χ3n) is 20.8. The minimum absolute atomic E-state index is 0.109. The highest BCUT2D eigenvalue weighted by atomic mass is 31.2. The molecule has 0 rings (SSSR count). The van der Waals surface area contributed by atoms with Crippen LogP contribution in [0.5, 0.6) is 0 Å². The Balaban J connectivity index is 5.25. The first-order valence-electron chi connectivity index (χ1n) is 45.6. The maximum absolute atomic E-state index is 13.2. The molecular weight excluding hydrogens is 1390 g/mol. The molecule has 5 atom stereocenters. The summed E-state index contributed by atoms with van der Waals surface area (Å²) in [6.07, 6.45) is 74.9. The third-order valence-corrected chi connectivity index (χ3v) is 22.7. The molecule has 0 radical (unpaired) electrons. The zero-order valence-corrected chi connectivity index (χ0v) is 72.1. The summed E-state index contributed by atoms with van der Waals surface area (Å²) in [6.45, 7) is 7.42. The Bertz CT molecular complexity index is 2030. The Hall–Kier alpha value is -1.94. The highest BCUT2D eigenvalue weighted by Gasteiger charge is 2.30. The van der Waals surface area contributed by atoms with Crippen LogP contribution in [0.1, 0.15) is 478 Å². The lowest BCUT2D eigenvalue weighted by Gasteiger charge is -2.21. The van der Waals surface area contributed by atoms with Gasteiger partial charge in [0.15, 0.2) is 12.2 Å². The van der Waals surface area contributed by atoms with Crippen LogP contribution in [0.25, 0.3) is 0 Å². The molecule has 0 aromatic rings. The van der Waals surface area contributed by atoms with Crippen LogP contribution >= 0.6 is 15.6 Å². The van der Waals surface area contributed by atoms with Crippen molar-refractivity contribution in [1.82, 2.24) is 0 Å². The Morgan fingerprint density at radius 3 is 0.636 bits per heavy atom. The zero-order valence-electron chi connectivity index (χ0n) is 70.3. The summed E-state index contributed by atoms with van der Waals surface area (Å²) in [6, 6.07) is 0. The first-order valence-corrected chi connectivity index (χ1v) is 48.6. The molecule has 0 aromatic heterocycles. The van der Waals surface area contributed by atoms with Crippen molar-refractivity contribution in [2.24, 2.45) is 5.92 Å². The molecule has 0 heterocycles. The molecule has 0 saturated heterocycles. The Kier molecular flexibility index (Phi) is 79.2. The Morgan fingerprint density at radius 2 is 0.430 bits per heavy atom. The molecule has 0 aliphatic heterocycles. The van der Waals surface area contributed by atoms with Crippen LogP contribution in [0, 0.1) is 5.92 Å². The van der Waals surface area contributed by atoms with Crippen molar-refractivity contribution in [1.29, 1.82) is 0 Å². The van der Waals surface area contributed by atoms with E-state index in [2.05, 4.69) is 34.6 Å². The molecule has 0 fully saturated rings. The Labute approximate surface area is 658 Å². The second-order valence-electron chi connectivity index (χ2n) is 32.1. The van der Waals surface area contributed by atoms with E-state index in [0.717, 1.165) is 95.8 Å². The fourth-order valence-corrected chi connectivity index (χ4v) is 15.4. The maximum Gasteiger partial charge on any atom is 0.472 e. The van der Waals surface area contributed by atoms with Crippen molar-refractivity contribution in [3.8, 4) is 0 Å². The van der Waals surface area contributed by atoms with Gasteiger partial charge in [-0.1, -0.05) is 426 Å². The second kappa shape index (κ2) is 80.7. The topological polar surface area (TPSA) is 237 Å². The number of phosphoric ester groups is 2. The van der Waals surface area contributed by atoms with Crippen LogP contribution in [0.2, 0.25) is 0 Å². The highest BCUT2D eigenvalue weighted by molar-refractivity contribution is 7.47. The molecule has 107 heavy (non-hydrogen) atoms. The van der Waals surface area contributed by atoms with Crippen molar-refractivity contribution >= 4 is 39.5 Å². The summed E-state index contributed by atoms with van der Waals surface area (Å²) in [5.41, 5.74) is 0. The van der Waals surface area contributed by atoms with Gasteiger partial charge in [-0.05, 0) is 31.6 Å². The number of ether oxygens (including phenoxy) is 4. The molecular formula is C88H172O17P2. The molecule has 0 aliphatic rings. The van der Waals surface area contributed by atoms with Crippen molar-refractivity contribution in [2.75, 3.05) is 39.6 Å². The number of aliphatic hydroxyl groups excluding tert-OH is 1. The van der Waals surface area contributed by atoms with E-state index in [1.54, 1.807) is 0 Å². The van der Waals surface area contributed by atoms with E-state index >= 15 is 0 Å². The van der Waals surface area contributed by atoms with Gasteiger partial charge in [0.1, 0.15) is 19.3 Å². The number of carbonyl (C=O) groups excluding carboxylic acids is 4. The number of rotatable bonds is 88. The van der Waals surface area contributed by atoms with Crippen LogP contribution in [-0.4, -0.2) is 96.7 Å². The lowest BCUT2D eigenvalue weighted by atomic mass is 10.0. The molecule has 0 saturated carbocycles. The van der Waals surface area contributed by atoms with Gasteiger partial charge in [0.25, 0.3) is 0 Å². The van der Waals surface area contributed by atoms with Gasteiger partial charge in [-0.2, -0.15) is 0 Å². The fourth-order valence-electron chi connectivity index (χ4n) is 13.8. The number of aliphatic hydroxyl groups is 1. The quantitative estimate of drug-likeness (QED) is 0.0222. The van der Waals surface area contributed by atoms with Gasteiger partial charge in [-0.25, -0.2) is 9.13 Å². The number of hydrogen-bond donors (Lipinski definition) is 3. The molecule has 0 aliphatic carbocycles. The van der Waals surface area contributed by atoms with E-state index in [4.69, 9.17) is 37.0 Å². The van der Waals surface area contributed by atoms with Gasteiger partial charge < -0.3 is 33.8 Å². The second-order valence-corrected chi connectivity index (χ2v) is 35.0. The molecule has 0 aromatic carbocycles. The summed E-state index contributed by atoms with van der Waals surface area (Å²) >= 11 is 0. The van der Waals surface area contributed by atoms with Gasteiger partial charge in [-0.3, -0.25) is 37.3 Å². The molecule has 0 spiro atoms. The van der Waals surface area contributed by atoms with E-state index in [9.17, 15) is 43.2 Å². The number of carbonyl (C=O) groups is 4. The first-order chi connectivity index (χ1) is 52.0. The van der Waals surface area contributed by atoms with E-state index in [1.165, 1.54) is 302 Å². The van der Waals surface area contributed by atoms with Crippen LogP contribution in [0.15, 0.2) is 0 Å². The summed E-state index contributed by atoms with van der Waals surface area (Å²) in [4.78, 5) is 73.3.